The number of rotatable bonds is 4. The maximum atomic E-state index is 10.3. The summed E-state index contributed by atoms with van der Waals surface area (Å²) >= 11 is 6.05. The van der Waals surface area contributed by atoms with Crippen LogP contribution in [0.3, 0.4) is 0 Å². The first-order valence-corrected chi connectivity index (χ1v) is 6.08. The summed E-state index contributed by atoms with van der Waals surface area (Å²) in [6.45, 7) is 2.69. The van der Waals surface area contributed by atoms with Crippen molar-refractivity contribution in [2.75, 3.05) is 7.11 Å². The fraction of sp³-hybridized carbons (Fsp3) is 0.308. The van der Waals surface area contributed by atoms with Crippen molar-refractivity contribution in [3.63, 3.8) is 0 Å². The van der Waals surface area contributed by atoms with Crippen LogP contribution < -0.4 is 4.74 Å². The van der Waals surface area contributed by atoms with Crippen LogP contribution >= 0.6 is 11.6 Å². The average molecular weight is 267 g/mol. The van der Waals surface area contributed by atoms with Gasteiger partial charge in [-0.3, -0.25) is 4.68 Å². The van der Waals surface area contributed by atoms with E-state index in [0.717, 1.165) is 11.3 Å². The lowest BCUT2D eigenvalue weighted by atomic mass is 10.1. The number of aliphatic hydroxyl groups is 1. The Labute approximate surface area is 111 Å². The molecule has 0 fully saturated rings. The molecule has 0 amide bonds. The number of benzene rings is 1. The standard InChI is InChI=1S/C13H15ClN2O2/c1-3-16-11(6-7-15-16)13(17)9-4-5-12(18-2)10(14)8-9/h4-8,13,17H,3H2,1-2H3. The van der Waals surface area contributed by atoms with E-state index in [-0.39, 0.29) is 0 Å². The fourth-order valence-electron chi connectivity index (χ4n) is 1.86. The first-order chi connectivity index (χ1) is 8.67. The van der Waals surface area contributed by atoms with Crippen molar-refractivity contribution in [1.29, 1.82) is 0 Å². The molecular formula is C13H15ClN2O2. The molecule has 0 saturated heterocycles. The Balaban J connectivity index is 2.34. The van der Waals surface area contributed by atoms with E-state index >= 15 is 0 Å². The molecule has 0 saturated carbocycles. The number of hydrogen-bond acceptors (Lipinski definition) is 3. The van der Waals surface area contributed by atoms with E-state index in [1.165, 1.54) is 0 Å². The first-order valence-electron chi connectivity index (χ1n) is 5.70. The van der Waals surface area contributed by atoms with Gasteiger partial charge >= 0.3 is 0 Å². The van der Waals surface area contributed by atoms with Gasteiger partial charge in [-0.2, -0.15) is 5.10 Å². The third kappa shape index (κ3) is 2.35. The highest BCUT2D eigenvalue weighted by Gasteiger charge is 2.16. The predicted molar refractivity (Wildman–Crippen MR) is 70.0 cm³/mol. The summed E-state index contributed by atoms with van der Waals surface area (Å²) in [6.07, 6.45) is 0.934. The maximum Gasteiger partial charge on any atom is 0.137 e. The summed E-state index contributed by atoms with van der Waals surface area (Å²) in [5, 5.41) is 14.9. The lowest BCUT2D eigenvalue weighted by molar-refractivity contribution is 0.208. The molecule has 1 N–H and O–H groups in total. The van der Waals surface area contributed by atoms with Crippen molar-refractivity contribution in [2.24, 2.45) is 0 Å². The Hall–Kier alpha value is -1.52. The van der Waals surface area contributed by atoms with Crippen molar-refractivity contribution in [3.05, 3.63) is 46.7 Å². The van der Waals surface area contributed by atoms with Crippen LogP contribution in [0.1, 0.15) is 24.3 Å². The third-order valence-corrected chi connectivity index (χ3v) is 3.12. The second kappa shape index (κ2) is 5.42. The van der Waals surface area contributed by atoms with Crippen molar-refractivity contribution >= 4 is 11.6 Å². The zero-order valence-corrected chi connectivity index (χ0v) is 11.1. The van der Waals surface area contributed by atoms with Gasteiger partial charge in [0.1, 0.15) is 11.9 Å². The van der Waals surface area contributed by atoms with E-state index in [1.54, 1.807) is 42.3 Å². The highest BCUT2D eigenvalue weighted by Crippen LogP contribution is 2.30. The molecular weight excluding hydrogens is 252 g/mol. The van der Waals surface area contributed by atoms with Crippen LogP contribution in [0.25, 0.3) is 0 Å². The zero-order chi connectivity index (χ0) is 13.1. The monoisotopic (exact) mass is 266 g/mol. The van der Waals surface area contributed by atoms with Crippen LogP contribution in [0, 0.1) is 0 Å². The van der Waals surface area contributed by atoms with Gasteiger partial charge in [-0.05, 0) is 30.7 Å². The minimum atomic E-state index is -0.740. The molecule has 0 aliphatic rings. The molecule has 18 heavy (non-hydrogen) atoms. The molecule has 2 aromatic rings. The van der Waals surface area contributed by atoms with E-state index in [1.807, 2.05) is 6.92 Å². The average Bonchev–Trinajstić information content (AvgIpc) is 2.86. The topological polar surface area (TPSA) is 47.3 Å². The highest BCUT2D eigenvalue weighted by atomic mass is 35.5. The van der Waals surface area contributed by atoms with Gasteiger partial charge in [0.05, 0.1) is 17.8 Å². The number of hydrogen-bond donors (Lipinski definition) is 1. The molecule has 0 aliphatic heterocycles. The molecule has 1 atom stereocenters. The van der Waals surface area contributed by atoms with Crippen molar-refractivity contribution in [3.8, 4) is 5.75 Å². The maximum absolute atomic E-state index is 10.3. The predicted octanol–water partition coefficient (Wildman–Crippen LogP) is 2.65. The summed E-state index contributed by atoms with van der Waals surface area (Å²) in [7, 11) is 1.56. The molecule has 0 spiro atoms. The molecule has 2 rings (SSSR count). The molecule has 1 aromatic heterocycles. The van der Waals surface area contributed by atoms with Gasteiger partial charge in [-0.15, -0.1) is 0 Å². The van der Waals surface area contributed by atoms with Gasteiger partial charge in [0, 0.05) is 12.7 Å². The SMILES string of the molecule is CCn1nccc1C(O)c1ccc(OC)c(Cl)c1. The number of aliphatic hydroxyl groups excluding tert-OH is 1. The van der Waals surface area contributed by atoms with Crippen LogP contribution in [0.15, 0.2) is 30.5 Å². The molecule has 4 nitrogen and oxygen atoms in total. The van der Waals surface area contributed by atoms with Gasteiger partial charge in [-0.25, -0.2) is 0 Å². The molecule has 1 heterocycles. The molecule has 0 aliphatic carbocycles. The van der Waals surface area contributed by atoms with Crippen LogP contribution in [0.2, 0.25) is 5.02 Å². The largest absolute Gasteiger partial charge is 0.495 e. The molecule has 96 valence electrons. The van der Waals surface area contributed by atoms with Crippen LogP contribution in [0.4, 0.5) is 0 Å². The van der Waals surface area contributed by atoms with Crippen molar-refractivity contribution < 1.29 is 9.84 Å². The number of methoxy groups -OCH3 is 1. The smallest absolute Gasteiger partial charge is 0.137 e. The quantitative estimate of drug-likeness (QED) is 0.925. The van der Waals surface area contributed by atoms with E-state index in [0.29, 0.717) is 17.3 Å². The minimum absolute atomic E-state index is 0.483. The summed E-state index contributed by atoms with van der Waals surface area (Å²) in [5.74, 6) is 0.594. The van der Waals surface area contributed by atoms with Crippen LogP contribution in [0.5, 0.6) is 5.75 Å². The lowest BCUT2D eigenvalue weighted by Crippen LogP contribution is -2.09. The van der Waals surface area contributed by atoms with E-state index in [4.69, 9.17) is 16.3 Å². The lowest BCUT2D eigenvalue weighted by Gasteiger charge is -2.14. The second-order valence-electron chi connectivity index (χ2n) is 3.87. The van der Waals surface area contributed by atoms with E-state index < -0.39 is 6.10 Å². The Morgan fingerprint density at radius 1 is 1.44 bits per heavy atom. The zero-order valence-electron chi connectivity index (χ0n) is 10.3. The third-order valence-electron chi connectivity index (χ3n) is 2.82. The number of nitrogens with zero attached hydrogens (tertiary/aromatic N) is 2. The second-order valence-corrected chi connectivity index (χ2v) is 4.28. The van der Waals surface area contributed by atoms with Gasteiger partial charge in [-0.1, -0.05) is 17.7 Å². The molecule has 1 unspecified atom stereocenters. The molecule has 0 radical (unpaired) electrons. The highest BCUT2D eigenvalue weighted by molar-refractivity contribution is 6.32. The Bertz CT molecular complexity index is 540. The Kier molecular flexibility index (Phi) is 3.89. The minimum Gasteiger partial charge on any atom is -0.495 e. The summed E-state index contributed by atoms with van der Waals surface area (Å²) in [5.41, 5.74) is 1.47. The van der Waals surface area contributed by atoms with Gasteiger partial charge < -0.3 is 9.84 Å². The van der Waals surface area contributed by atoms with Gasteiger partial charge in [0.15, 0.2) is 0 Å². The Morgan fingerprint density at radius 3 is 2.83 bits per heavy atom. The molecule has 0 bridgehead atoms. The van der Waals surface area contributed by atoms with Crippen LogP contribution in [-0.4, -0.2) is 22.0 Å². The number of ether oxygens (including phenoxy) is 1. The Morgan fingerprint density at radius 2 is 2.22 bits per heavy atom. The summed E-state index contributed by atoms with van der Waals surface area (Å²) < 4.78 is 6.84. The van der Waals surface area contributed by atoms with Gasteiger partial charge in [0.25, 0.3) is 0 Å². The van der Waals surface area contributed by atoms with Crippen molar-refractivity contribution in [2.45, 2.75) is 19.6 Å². The number of halogens is 1. The first kappa shape index (κ1) is 12.9. The van der Waals surface area contributed by atoms with E-state index in [9.17, 15) is 5.11 Å². The summed E-state index contributed by atoms with van der Waals surface area (Å²) in [6, 6.07) is 7.04. The molecule has 1 aromatic carbocycles. The molecule has 5 heteroatoms. The van der Waals surface area contributed by atoms with Crippen molar-refractivity contribution in [1.82, 2.24) is 9.78 Å². The van der Waals surface area contributed by atoms with E-state index in [2.05, 4.69) is 5.10 Å². The number of aryl methyl sites for hydroxylation is 1. The fourth-order valence-corrected chi connectivity index (χ4v) is 2.13. The van der Waals surface area contributed by atoms with Crippen LogP contribution in [-0.2, 0) is 6.54 Å². The van der Waals surface area contributed by atoms with Gasteiger partial charge in [0.2, 0.25) is 0 Å². The normalized spacial score (nSPS) is 12.4. The summed E-state index contributed by atoms with van der Waals surface area (Å²) in [4.78, 5) is 0. The number of aromatic nitrogens is 2.